The molecule has 0 saturated carbocycles. The summed E-state index contributed by atoms with van der Waals surface area (Å²) in [6.45, 7) is 10.2. The van der Waals surface area contributed by atoms with Crippen LogP contribution in [0.4, 0.5) is 0 Å². The first kappa shape index (κ1) is 17.9. The van der Waals surface area contributed by atoms with Crippen molar-refractivity contribution >= 4 is 23.2 Å². The van der Waals surface area contributed by atoms with Crippen molar-refractivity contribution in [2.75, 3.05) is 32.8 Å². The number of carbonyl (C=O) groups is 2. The minimum absolute atomic E-state index is 0.0404. The second-order valence-corrected chi connectivity index (χ2v) is 7.00. The Hall–Kier alpha value is -1.47. The predicted octanol–water partition coefficient (Wildman–Crippen LogP) is 1.75. The molecule has 0 radical (unpaired) electrons. The van der Waals surface area contributed by atoms with E-state index in [9.17, 15) is 9.59 Å². The number of esters is 1. The van der Waals surface area contributed by atoms with Gasteiger partial charge < -0.3 is 9.64 Å². The van der Waals surface area contributed by atoms with Crippen molar-refractivity contribution in [2.45, 2.75) is 40.2 Å². The second-order valence-electron chi connectivity index (χ2n) is 5.71. The van der Waals surface area contributed by atoms with E-state index < -0.39 is 0 Å². The van der Waals surface area contributed by atoms with Gasteiger partial charge in [0.2, 0.25) is 5.91 Å². The van der Waals surface area contributed by atoms with Crippen LogP contribution in [-0.4, -0.2) is 59.4 Å². The van der Waals surface area contributed by atoms with Gasteiger partial charge in [-0.2, -0.15) is 0 Å². The van der Waals surface area contributed by atoms with Crippen LogP contribution >= 0.6 is 11.3 Å². The molecule has 1 amide bonds. The van der Waals surface area contributed by atoms with E-state index in [4.69, 9.17) is 4.74 Å². The summed E-state index contributed by atoms with van der Waals surface area (Å²) in [6, 6.07) is 0. The number of aromatic nitrogens is 1. The van der Waals surface area contributed by atoms with E-state index in [0.717, 1.165) is 30.3 Å². The Balaban J connectivity index is 1.72. The number of nitrogens with zero attached hydrogens (tertiary/aromatic N) is 3. The molecule has 128 valence electrons. The van der Waals surface area contributed by atoms with Crippen LogP contribution in [0.2, 0.25) is 0 Å². The Bertz CT molecular complexity index is 531. The Morgan fingerprint density at radius 2 is 1.87 bits per heavy atom. The van der Waals surface area contributed by atoms with E-state index in [0.29, 0.717) is 19.7 Å². The normalized spacial score (nSPS) is 15.7. The smallest absolute Gasteiger partial charge is 0.306 e. The van der Waals surface area contributed by atoms with Crippen LogP contribution in [-0.2, 0) is 20.9 Å². The minimum atomic E-state index is -0.297. The fourth-order valence-corrected chi connectivity index (χ4v) is 3.53. The molecule has 1 aromatic rings. The summed E-state index contributed by atoms with van der Waals surface area (Å²) in [5.74, 6) is -0.257. The highest BCUT2D eigenvalue weighted by Gasteiger charge is 2.22. The predicted molar refractivity (Wildman–Crippen MR) is 89.3 cm³/mol. The number of ether oxygens (including phenoxy) is 1. The molecule has 1 aliphatic heterocycles. The van der Waals surface area contributed by atoms with Crippen molar-refractivity contribution < 1.29 is 14.3 Å². The zero-order valence-corrected chi connectivity index (χ0v) is 14.9. The van der Waals surface area contributed by atoms with E-state index in [1.165, 1.54) is 4.88 Å². The molecule has 1 saturated heterocycles. The highest BCUT2D eigenvalue weighted by Crippen LogP contribution is 2.19. The van der Waals surface area contributed by atoms with Crippen molar-refractivity contribution in [3.8, 4) is 0 Å². The third-order valence-electron chi connectivity index (χ3n) is 4.00. The van der Waals surface area contributed by atoms with E-state index >= 15 is 0 Å². The van der Waals surface area contributed by atoms with E-state index in [2.05, 4.69) is 16.8 Å². The average Bonchev–Trinajstić information content (AvgIpc) is 2.84. The Labute approximate surface area is 141 Å². The Morgan fingerprint density at radius 1 is 1.17 bits per heavy atom. The molecule has 2 heterocycles. The lowest BCUT2D eigenvalue weighted by atomic mass is 10.2. The maximum atomic E-state index is 12.1. The summed E-state index contributed by atoms with van der Waals surface area (Å²) < 4.78 is 4.85. The van der Waals surface area contributed by atoms with E-state index in [-0.39, 0.29) is 24.7 Å². The fraction of sp³-hybridized carbons (Fsp3) is 0.688. The largest absolute Gasteiger partial charge is 0.466 e. The van der Waals surface area contributed by atoms with Gasteiger partial charge in [0.15, 0.2) is 0 Å². The first-order chi connectivity index (χ1) is 11.0. The summed E-state index contributed by atoms with van der Waals surface area (Å²) >= 11 is 1.75. The Kier molecular flexibility index (Phi) is 6.53. The first-order valence-corrected chi connectivity index (χ1v) is 8.90. The molecule has 0 aliphatic carbocycles. The lowest BCUT2D eigenvalue weighted by Crippen LogP contribution is -2.48. The zero-order valence-electron chi connectivity index (χ0n) is 14.1. The number of rotatable bonds is 6. The molecule has 1 aromatic heterocycles. The molecule has 0 aromatic carbocycles. The van der Waals surface area contributed by atoms with Gasteiger partial charge in [-0.05, 0) is 20.8 Å². The molecule has 7 heteroatoms. The minimum Gasteiger partial charge on any atom is -0.466 e. The maximum Gasteiger partial charge on any atom is 0.306 e. The molecule has 1 fully saturated rings. The van der Waals surface area contributed by atoms with Gasteiger partial charge in [-0.25, -0.2) is 4.98 Å². The second kappa shape index (κ2) is 8.40. The monoisotopic (exact) mass is 339 g/mol. The number of hydrogen-bond donors (Lipinski definition) is 0. The average molecular weight is 339 g/mol. The number of hydrogen-bond acceptors (Lipinski definition) is 6. The quantitative estimate of drug-likeness (QED) is 0.739. The van der Waals surface area contributed by atoms with Crippen LogP contribution in [0.25, 0.3) is 0 Å². The Morgan fingerprint density at radius 3 is 2.43 bits per heavy atom. The molecule has 0 bridgehead atoms. The number of amides is 1. The van der Waals surface area contributed by atoms with Gasteiger partial charge >= 0.3 is 5.97 Å². The number of carbonyl (C=O) groups excluding carboxylic acids is 2. The van der Waals surface area contributed by atoms with E-state index in [1.54, 1.807) is 18.3 Å². The molecule has 0 unspecified atom stereocenters. The first-order valence-electron chi connectivity index (χ1n) is 8.08. The van der Waals surface area contributed by atoms with Crippen LogP contribution in [0.5, 0.6) is 0 Å². The number of thiazole rings is 1. The molecule has 0 N–H and O–H groups in total. The lowest BCUT2D eigenvalue weighted by molar-refractivity contribution is -0.146. The third kappa shape index (κ3) is 5.28. The summed E-state index contributed by atoms with van der Waals surface area (Å²) in [7, 11) is 0. The molecule has 2 rings (SSSR count). The molecule has 23 heavy (non-hydrogen) atoms. The number of piperazine rings is 1. The van der Waals surface area contributed by atoms with Gasteiger partial charge in [-0.15, -0.1) is 11.3 Å². The summed E-state index contributed by atoms with van der Waals surface area (Å²) in [4.78, 5) is 33.4. The lowest BCUT2D eigenvalue weighted by Gasteiger charge is -2.34. The maximum absolute atomic E-state index is 12.1. The van der Waals surface area contributed by atoms with Crippen LogP contribution in [0, 0.1) is 13.8 Å². The van der Waals surface area contributed by atoms with Crippen molar-refractivity contribution in [3.63, 3.8) is 0 Å². The molecular weight excluding hydrogens is 314 g/mol. The SMILES string of the molecule is CCOC(=O)CCC(=O)N1CCN(Cc2nc(C)c(C)s2)CC1. The summed E-state index contributed by atoms with van der Waals surface area (Å²) in [5.41, 5.74) is 1.11. The van der Waals surface area contributed by atoms with Gasteiger partial charge in [-0.3, -0.25) is 14.5 Å². The third-order valence-corrected chi connectivity index (χ3v) is 5.06. The van der Waals surface area contributed by atoms with Gasteiger partial charge in [0.25, 0.3) is 0 Å². The van der Waals surface area contributed by atoms with E-state index in [1.807, 2.05) is 11.8 Å². The standard InChI is InChI=1S/C16H25N3O3S/c1-4-22-16(21)6-5-15(20)19-9-7-18(8-10-19)11-14-17-12(2)13(3)23-14/h4-11H2,1-3H3. The van der Waals surface area contributed by atoms with Crippen molar-refractivity contribution in [1.82, 2.24) is 14.8 Å². The van der Waals surface area contributed by atoms with Crippen LogP contribution in [0.15, 0.2) is 0 Å². The van der Waals surface area contributed by atoms with Crippen molar-refractivity contribution in [1.29, 1.82) is 0 Å². The molecule has 0 atom stereocenters. The molecule has 1 aliphatic rings. The summed E-state index contributed by atoms with van der Waals surface area (Å²) in [6.07, 6.45) is 0.411. The fourth-order valence-electron chi connectivity index (χ4n) is 2.55. The highest BCUT2D eigenvalue weighted by molar-refractivity contribution is 7.11. The van der Waals surface area contributed by atoms with Gasteiger partial charge in [0, 0.05) is 37.5 Å². The molecule has 0 spiro atoms. The van der Waals surface area contributed by atoms with Crippen LogP contribution in [0.3, 0.4) is 0 Å². The highest BCUT2D eigenvalue weighted by atomic mass is 32.1. The molecule has 6 nitrogen and oxygen atoms in total. The number of aryl methyl sites for hydroxylation is 2. The summed E-state index contributed by atoms with van der Waals surface area (Å²) in [5, 5.41) is 1.14. The van der Waals surface area contributed by atoms with Gasteiger partial charge in [-0.1, -0.05) is 0 Å². The van der Waals surface area contributed by atoms with Crippen molar-refractivity contribution in [2.24, 2.45) is 0 Å². The zero-order chi connectivity index (χ0) is 16.8. The van der Waals surface area contributed by atoms with Gasteiger partial charge in [0.05, 0.1) is 25.3 Å². The molecular formula is C16H25N3O3S. The van der Waals surface area contributed by atoms with Crippen LogP contribution in [0.1, 0.15) is 35.3 Å². The van der Waals surface area contributed by atoms with Gasteiger partial charge in [0.1, 0.15) is 5.01 Å². The van der Waals surface area contributed by atoms with Crippen molar-refractivity contribution in [3.05, 3.63) is 15.6 Å². The van der Waals surface area contributed by atoms with Crippen LogP contribution < -0.4 is 0 Å². The topological polar surface area (TPSA) is 62.7 Å².